The van der Waals surface area contributed by atoms with Crippen molar-refractivity contribution in [3.05, 3.63) is 35.9 Å². The highest BCUT2D eigenvalue weighted by Gasteiger charge is 2.38. The molecule has 3 atom stereocenters. The first-order chi connectivity index (χ1) is 12.6. The molecule has 3 unspecified atom stereocenters. The number of rotatable bonds is 5. The fraction of sp³-hybridized carbons (Fsp3) is 0.708. The first kappa shape index (κ1) is 19.5. The van der Waals surface area contributed by atoms with Gasteiger partial charge in [-0.05, 0) is 49.0 Å². The van der Waals surface area contributed by atoms with E-state index < -0.39 is 0 Å². The second-order valence-electron chi connectivity index (χ2n) is 9.18. The van der Waals surface area contributed by atoms with Crippen LogP contribution < -0.4 is 0 Å². The molecule has 0 aliphatic heterocycles. The van der Waals surface area contributed by atoms with Crippen LogP contribution in [0.5, 0.6) is 0 Å². The average Bonchev–Trinajstić information content (AvgIpc) is 2.67. The molecule has 1 aromatic carbocycles. The number of carbonyl (C=O) groups is 1. The molecular formula is C24H37NO. The first-order valence-corrected chi connectivity index (χ1v) is 10.9. The zero-order valence-electron chi connectivity index (χ0n) is 17.0. The number of nitrogens with zero attached hydrogens (tertiary/aromatic N) is 1. The number of amides is 1. The van der Waals surface area contributed by atoms with E-state index in [0.717, 1.165) is 25.3 Å². The summed E-state index contributed by atoms with van der Waals surface area (Å²) in [6, 6.07) is 11.0. The van der Waals surface area contributed by atoms with Crippen LogP contribution in [0.2, 0.25) is 0 Å². The van der Waals surface area contributed by atoms with E-state index in [1.807, 2.05) is 0 Å². The van der Waals surface area contributed by atoms with E-state index in [0.29, 0.717) is 23.8 Å². The Hall–Kier alpha value is -1.31. The van der Waals surface area contributed by atoms with Gasteiger partial charge in [-0.3, -0.25) is 4.79 Å². The van der Waals surface area contributed by atoms with E-state index in [1.54, 1.807) is 0 Å². The van der Waals surface area contributed by atoms with Gasteiger partial charge in [0.25, 0.3) is 0 Å². The molecule has 2 aliphatic carbocycles. The Morgan fingerprint density at radius 3 is 2.38 bits per heavy atom. The summed E-state index contributed by atoms with van der Waals surface area (Å²) in [4.78, 5) is 15.9. The van der Waals surface area contributed by atoms with Gasteiger partial charge in [0.1, 0.15) is 0 Å². The van der Waals surface area contributed by atoms with E-state index in [-0.39, 0.29) is 5.92 Å². The van der Waals surface area contributed by atoms with Crippen molar-refractivity contribution >= 4 is 5.91 Å². The summed E-state index contributed by atoms with van der Waals surface area (Å²) >= 11 is 0. The van der Waals surface area contributed by atoms with E-state index in [9.17, 15) is 4.79 Å². The van der Waals surface area contributed by atoms with Crippen molar-refractivity contribution in [2.45, 2.75) is 84.7 Å². The van der Waals surface area contributed by atoms with Crippen LogP contribution in [-0.4, -0.2) is 16.8 Å². The van der Waals surface area contributed by atoms with Gasteiger partial charge in [-0.1, -0.05) is 76.8 Å². The lowest BCUT2D eigenvalue weighted by Crippen LogP contribution is -2.50. The zero-order valence-corrected chi connectivity index (χ0v) is 17.0. The van der Waals surface area contributed by atoms with Gasteiger partial charge in [0, 0.05) is 18.5 Å². The molecule has 26 heavy (non-hydrogen) atoms. The van der Waals surface area contributed by atoms with E-state index >= 15 is 0 Å². The zero-order chi connectivity index (χ0) is 18.5. The Labute approximate surface area is 160 Å². The average molecular weight is 356 g/mol. The number of hydrogen-bond acceptors (Lipinski definition) is 1. The molecule has 0 radical (unpaired) electrons. The van der Waals surface area contributed by atoms with Gasteiger partial charge >= 0.3 is 0 Å². The van der Waals surface area contributed by atoms with Crippen LogP contribution in [0.1, 0.15) is 77.7 Å². The summed E-state index contributed by atoms with van der Waals surface area (Å²) in [6.45, 7) is 7.85. The van der Waals surface area contributed by atoms with Gasteiger partial charge in [0.05, 0.1) is 0 Å². The predicted octanol–water partition coefficient (Wildman–Crippen LogP) is 6.06. The minimum atomic E-state index is 0.262. The molecule has 2 heteroatoms. The van der Waals surface area contributed by atoms with Crippen LogP contribution in [0, 0.1) is 23.7 Å². The van der Waals surface area contributed by atoms with Crippen molar-refractivity contribution in [3.8, 4) is 0 Å². The Balaban J connectivity index is 1.86. The van der Waals surface area contributed by atoms with Gasteiger partial charge in [-0.2, -0.15) is 0 Å². The van der Waals surface area contributed by atoms with Crippen LogP contribution in [0.3, 0.4) is 0 Å². The highest BCUT2D eigenvalue weighted by Crippen LogP contribution is 2.38. The minimum absolute atomic E-state index is 0.262. The number of carbonyl (C=O) groups excluding carboxylic acids is 1. The Bertz CT molecular complexity index is 561. The summed E-state index contributed by atoms with van der Waals surface area (Å²) in [5.74, 6) is 2.72. The van der Waals surface area contributed by atoms with Crippen molar-refractivity contribution in [1.82, 2.24) is 4.90 Å². The third-order valence-corrected chi connectivity index (χ3v) is 6.82. The smallest absolute Gasteiger partial charge is 0.226 e. The highest BCUT2D eigenvalue weighted by molar-refractivity contribution is 5.79. The molecule has 0 saturated heterocycles. The maximum atomic E-state index is 13.6. The topological polar surface area (TPSA) is 20.3 Å². The molecule has 3 rings (SSSR count). The summed E-state index contributed by atoms with van der Waals surface area (Å²) in [6.07, 6.45) is 9.71. The van der Waals surface area contributed by atoms with Gasteiger partial charge in [0.2, 0.25) is 5.91 Å². The Morgan fingerprint density at radius 1 is 1.04 bits per heavy atom. The minimum Gasteiger partial charge on any atom is -0.335 e. The fourth-order valence-corrected chi connectivity index (χ4v) is 5.23. The van der Waals surface area contributed by atoms with E-state index in [2.05, 4.69) is 56.0 Å². The normalized spacial score (nSPS) is 27.5. The predicted molar refractivity (Wildman–Crippen MR) is 109 cm³/mol. The maximum absolute atomic E-state index is 13.6. The van der Waals surface area contributed by atoms with Crippen LogP contribution in [0.15, 0.2) is 30.3 Å². The van der Waals surface area contributed by atoms with E-state index in [4.69, 9.17) is 0 Å². The Morgan fingerprint density at radius 2 is 1.73 bits per heavy atom. The van der Waals surface area contributed by atoms with Crippen molar-refractivity contribution in [2.24, 2.45) is 23.7 Å². The standard InChI is InChI=1S/C24H37NO/c1-18(2)22-15-14-19(3)16-23(22)25(17-20-10-6-4-7-11-20)24(26)21-12-8-5-9-13-21/h4,6-7,10-11,18-19,21-23H,5,8-9,12-17H2,1-3H3. The summed E-state index contributed by atoms with van der Waals surface area (Å²) in [7, 11) is 0. The SMILES string of the molecule is CC1CCC(C(C)C)C(N(Cc2ccccc2)C(=O)C2CCCCC2)C1. The molecule has 1 amide bonds. The fourth-order valence-electron chi connectivity index (χ4n) is 5.23. The molecule has 144 valence electrons. The van der Waals surface area contributed by atoms with Gasteiger partial charge < -0.3 is 4.90 Å². The Kier molecular flexibility index (Phi) is 6.78. The third kappa shape index (κ3) is 4.69. The first-order valence-electron chi connectivity index (χ1n) is 10.9. The number of hydrogen-bond donors (Lipinski definition) is 0. The molecule has 2 aliphatic rings. The summed E-state index contributed by atoms with van der Waals surface area (Å²) in [5, 5.41) is 0. The second kappa shape index (κ2) is 9.06. The molecular weight excluding hydrogens is 318 g/mol. The van der Waals surface area contributed by atoms with Crippen molar-refractivity contribution < 1.29 is 4.79 Å². The van der Waals surface area contributed by atoms with Crippen LogP contribution in [0.25, 0.3) is 0 Å². The molecule has 0 bridgehead atoms. The van der Waals surface area contributed by atoms with Crippen LogP contribution >= 0.6 is 0 Å². The largest absolute Gasteiger partial charge is 0.335 e. The van der Waals surface area contributed by atoms with Crippen molar-refractivity contribution in [2.75, 3.05) is 0 Å². The second-order valence-corrected chi connectivity index (χ2v) is 9.18. The summed E-state index contributed by atoms with van der Waals surface area (Å²) in [5.41, 5.74) is 1.28. The summed E-state index contributed by atoms with van der Waals surface area (Å²) < 4.78 is 0. The lowest BCUT2D eigenvalue weighted by Gasteiger charge is -2.45. The molecule has 0 aromatic heterocycles. The maximum Gasteiger partial charge on any atom is 0.226 e. The van der Waals surface area contributed by atoms with Gasteiger partial charge in [-0.25, -0.2) is 0 Å². The highest BCUT2D eigenvalue weighted by atomic mass is 16.2. The molecule has 0 spiro atoms. The molecule has 2 saturated carbocycles. The monoisotopic (exact) mass is 355 g/mol. The van der Waals surface area contributed by atoms with Crippen molar-refractivity contribution in [1.29, 1.82) is 0 Å². The van der Waals surface area contributed by atoms with E-state index in [1.165, 1.54) is 44.1 Å². The lowest BCUT2D eigenvalue weighted by molar-refractivity contribution is -0.143. The van der Waals surface area contributed by atoms with Crippen LogP contribution in [-0.2, 0) is 11.3 Å². The number of benzene rings is 1. The van der Waals surface area contributed by atoms with Crippen LogP contribution in [0.4, 0.5) is 0 Å². The van der Waals surface area contributed by atoms with Crippen molar-refractivity contribution in [3.63, 3.8) is 0 Å². The molecule has 0 heterocycles. The molecule has 0 N–H and O–H groups in total. The molecule has 2 nitrogen and oxygen atoms in total. The third-order valence-electron chi connectivity index (χ3n) is 6.82. The lowest BCUT2D eigenvalue weighted by atomic mass is 9.72. The molecule has 1 aromatic rings. The molecule has 2 fully saturated rings. The van der Waals surface area contributed by atoms with Gasteiger partial charge in [0.15, 0.2) is 0 Å². The van der Waals surface area contributed by atoms with Gasteiger partial charge in [-0.15, -0.1) is 0 Å². The quantitative estimate of drug-likeness (QED) is 0.629.